The smallest absolute Gasteiger partial charge is 0.372 e. The number of nitrogens with zero attached hydrogens (tertiary/aromatic N) is 3. The SMILES string of the molecule is Cc1cc(C2=NOC(c3cc(C(F)(F)F)nn3C)(C(F)(F)F)C2)ccc1Br. The third-order valence-corrected chi connectivity index (χ3v) is 5.15. The van der Waals surface area contributed by atoms with Crippen LogP contribution in [0.2, 0.25) is 0 Å². The zero-order valence-corrected chi connectivity index (χ0v) is 15.5. The van der Waals surface area contributed by atoms with Gasteiger partial charge in [-0.15, -0.1) is 0 Å². The fourth-order valence-corrected chi connectivity index (χ4v) is 3.08. The van der Waals surface area contributed by atoms with Crippen molar-refractivity contribution in [3.8, 4) is 0 Å². The Morgan fingerprint density at radius 3 is 2.33 bits per heavy atom. The van der Waals surface area contributed by atoms with Crippen LogP contribution in [0.15, 0.2) is 33.9 Å². The topological polar surface area (TPSA) is 39.4 Å². The van der Waals surface area contributed by atoms with Crippen LogP contribution in [-0.4, -0.2) is 21.7 Å². The lowest BCUT2D eigenvalue weighted by molar-refractivity contribution is -0.278. The lowest BCUT2D eigenvalue weighted by Gasteiger charge is -2.28. The lowest BCUT2D eigenvalue weighted by Crippen LogP contribution is -2.44. The normalized spacial score (nSPS) is 20.6. The highest BCUT2D eigenvalue weighted by atomic mass is 79.9. The Kier molecular flexibility index (Phi) is 4.56. The highest BCUT2D eigenvalue weighted by molar-refractivity contribution is 9.10. The summed E-state index contributed by atoms with van der Waals surface area (Å²) in [4.78, 5) is 4.76. The van der Waals surface area contributed by atoms with Crippen LogP contribution in [0.1, 0.15) is 28.9 Å². The summed E-state index contributed by atoms with van der Waals surface area (Å²) in [5.74, 6) is 0. The number of halogens is 7. The summed E-state index contributed by atoms with van der Waals surface area (Å²) in [5, 5.41) is 6.71. The van der Waals surface area contributed by atoms with Gasteiger partial charge in [0.15, 0.2) is 5.69 Å². The van der Waals surface area contributed by atoms with Gasteiger partial charge in [0.2, 0.25) is 0 Å². The predicted molar refractivity (Wildman–Crippen MR) is 87.1 cm³/mol. The minimum absolute atomic E-state index is 0.0160. The van der Waals surface area contributed by atoms with Crippen LogP contribution in [0.5, 0.6) is 0 Å². The highest BCUT2D eigenvalue weighted by Crippen LogP contribution is 2.49. The molecule has 1 unspecified atom stereocenters. The Morgan fingerprint density at radius 2 is 1.81 bits per heavy atom. The minimum atomic E-state index is -5.01. The molecule has 0 amide bonds. The molecule has 146 valence electrons. The summed E-state index contributed by atoms with van der Waals surface area (Å²) >= 11 is 3.29. The predicted octanol–water partition coefficient (Wildman–Crippen LogP) is 5.09. The number of benzene rings is 1. The van der Waals surface area contributed by atoms with Gasteiger partial charge in [-0.05, 0) is 36.2 Å². The monoisotopic (exact) mass is 455 g/mol. The molecule has 0 aliphatic carbocycles. The Morgan fingerprint density at radius 1 is 1.15 bits per heavy atom. The Bertz CT molecular complexity index is 918. The molecule has 0 saturated carbocycles. The van der Waals surface area contributed by atoms with Gasteiger partial charge in [-0.1, -0.05) is 27.2 Å². The summed E-state index contributed by atoms with van der Waals surface area (Å²) in [6.07, 6.45) is -10.7. The van der Waals surface area contributed by atoms with Crippen molar-refractivity contribution < 1.29 is 31.2 Å². The molecule has 1 aliphatic rings. The van der Waals surface area contributed by atoms with E-state index < -0.39 is 35.8 Å². The second kappa shape index (κ2) is 6.25. The Balaban J connectivity index is 2.05. The van der Waals surface area contributed by atoms with Crippen LogP contribution in [-0.2, 0) is 23.7 Å². The number of hydrogen-bond acceptors (Lipinski definition) is 3. The molecule has 2 heterocycles. The van der Waals surface area contributed by atoms with E-state index in [0.717, 1.165) is 17.1 Å². The van der Waals surface area contributed by atoms with Crippen LogP contribution in [0.3, 0.4) is 0 Å². The first kappa shape index (κ1) is 19.7. The molecule has 0 fully saturated rings. The van der Waals surface area contributed by atoms with E-state index in [0.29, 0.717) is 16.3 Å². The third kappa shape index (κ3) is 3.32. The van der Waals surface area contributed by atoms with Crippen molar-refractivity contribution in [3.05, 3.63) is 51.3 Å². The van der Waals surface area contributed by atoms with Gasteiger partial charge >= 0.3 is 12.4 Å². The van der Waals surface area contributed by atoms with Crippen molar-refractivity contribution in [3.63, 3.8) is 0 Å². The van der Waals surface area contributed by atoms with Crippen molar-refractivity contribution in [2.45, 2.75) is 31.3 Å². The quantitative estimate of drug-likeness (QED) is 0.591. The first-order chi connectivity index (χ1) is 12.3. The summed E-state index contributed by atoms with van der Waals surface area (Å²) < 4.78 is 81.6. The van der Waals surface area contributed by atoms with E-state index in [2.05, 4.69) is 26.2 Å². The van der Waals surface area contributed by atoms with E-state index in [1.807, 2.05) is 0 Å². The van der Waals surface area contributed by atoms with Crippen LogP contribution >= 0.6 is 15.9 Å². The van der Waals surface area contributed by atoms with Crippen LogP contribution in [0.25, 0.3) is 0 Å². The molecule has 4 nitrogen and oxygen atoms in total. The second-order valence-electron chi connectivity index (χ2n) is 6.13. The molecule has 27 heavy (non-hydrogen) atoms. The fraction of sp³-hybridized carbons (Fsp3) is 0.375. The second-order valence-corrected chi connectivity index (χ2v) is 6.99. The van der Waals surface area contributed by atoms with Crippen molar-refractivity contribution in [1.82, 2.24) is 9.78 Å². The molecule has 3 rings (SSSR count). The first-order valence-corrected chi connectivity index (χ1v) is 8.34. The van der Waals surface area contributed by atoms with E-state index in [1.54, 1.807) is 25.1 Å². The van der Waals surface area contributed by atoms with Gasteiger partial charge in [-0.2, -0.15) is 31.4 Å². The van der Waals surface area contributed by atoms with Gasteiger partial charge < -0.3 is 4.84 Å². The molecule has 1 atom stereocenters. The molecule has 1 aromatic heterocycles. The molecule has 1 aliphatic heterocycles. The lowest BCUT2D eigenvalue weighted by atomic mass is 9.89. The molecule has 0 radical (unpaired) electrons. The average molecular weight is 456 g/mol. The molecule has 0 N–H and O–H groups in total. The van der Waals surface area contributed by atoms with Gasteiger partial charge in [-0.3, -0.25) is 4.68 Å². The van der Waals surface area contributed by atoms with E-state index in [1.165, 1.54) is 0 Å². The van der Waals surface area contributed by atoms with Gasteiger partial charge in [0.05, 0.1) is 17.8 Å². The first-order valence-electron chi connectivity index (χ1n) is 7.55. The number of aromatic nitrogens is 2. The molecular weight excluding hydrogens is 444 g/mol. The Labute approximate surface area is 157 Å². The molecule has 0 saturated heterocycles. The number of hydrogen-bond donors (Lipinski definition) is 0. The van der Waals surface area contributed by atoms with Gasteiger partial charge in [0, 0.05) is 11.5 Å². The fourth-order valence-electron chi connectivity index (χ4n) is 2.83. The van der Waals surface area contributed by atoms with Crippen molar-refractivity contribution in [2.24, 2.45) is 12.2 Å². The molecular formula is C16H12BrF6N3O. The summed E-state index contributed by atoms with van der Waals surface area (Å²) in [5.41, 5.74) is -4.11. The van der Waals surface area contributed by atoms with Gasteiger partial charge in [0.1, 0.15) is 0 Å². The standard InChI is InChI=1S/C16H12BrF6N3O/c1-8-5-9(3-4-10(8)17)11-7-14(27-25-11,16(21,22)23)13-6-12(15(18,19)20)24-26(13)2/h3-6H,7H2,1-2H3. The number of aryl methyl sites for hydroxylation is 2. The number of alkyl halides is 6. The Hall–Kier alpha value is -2.04. The molecule has 1 aromatic carbocycles. The molecule has 0 bridgehead atoms. The maximum Gasteiger partial charge on any atom is 0.437 e. The van der Waals surface area contributed by atoms with Crippen LogP contribution in [0.4, 0.5) is 26.3 Å². The number of rotatable bonds is 2. The maximum atomic E-state index is 13.9. The third-order valence-electron chi connectivity index (χ3n) is 4.26. The van der Waals surface area contributed by atoms with E-state index in [9.17, 15) is 26.3 Å². The van der Waals surface area contributed by atoms with Crippen molar-refractivity contribution in [1.29, 1.82) is 0 Å². The number of oxime groups is 1. The van der Waals surface area contributed by atoms with Crippen molar-refractivity contribution >= 4 is 21.6 Å². The summed E-state index contributed by atoms with van der Waals surface area (Å²) in [7, 11) is 1.00. The summed E-state index contributed by atoms with van der Waals surface area (Å²) in [6, 6.07) is 5.16. The highest BCUT2D eigenvalue weighted by Gasteiger charge is 2.64. The molecule has 0 spiro atoms. The largest absolute Gasteiger partial charge is 0.437 e. The van der Waals surface area contributed by atoms with Crippen molar-refractivity contribution in [2.75, 3.05) is 0 Å². The van der Waals surface area contributed by atoms with Crippen LogP contribution < -0.4 is 0 Å². The average Bonchev–Trinajstić information content (AvgIpc) is 3.13. The zero-order chi connectivity index (χ0) is 20.2. The minimum Gasteiger partial charge on any atom is -0.372 e. The van der Waals surface area contributed by atoms with Gasteiger partial charge in [0.25, 0.3) is 5.60 Å². The van der Waals surface area contributed by atoms with Gasteiger partial charge in [-0.25, -0.2) is 0 Å². The summed E-state index contributed by atoms with van der Waals surface area (Å²) in [6.45, 7) is 1.75. The van der Waals surface area contributed by atoms with Crippen LogP contribution in [0, 0.1) is 6.92 Å². The molecule has 2 aromatic rings. The zero-order valence-electron chi connectivity index (χ0n) is 13.9. The maximum absolute atomic E-state index is 13.9. The van der Waals surface area contributed by atoms with E-state index >= 15 is 0 Å². The molecule has 11 heteroatoms. The van der Waals surface area contributed by atoms with E-state index in [-0.39, 0.29) is 5.71 Å². The van der Waals surface area contributed by atoms with E-state index in [4.69, 9.17) is 4.84 Å².